The second-order valence-corrected chi connectivity index (χ2v) is 5.45. The second kappa shape index (κ2) is 3.62. The van der Waals surface area contributed by atoms with Gasteiger partial charge in [-0.15, -0.1) is 0 Å². The highest BCUT2D eigenvalue weighted by molar-refractivity contribution is 5.81. The van der Waals surface area contributed by atoms with E-state index in [1.54, 1.807) is 0 Å². The Kier molecular flexibility index (Phi) is 2.53. The quantitative estimate of drug-likeness (QED) is 0.770. The first-order chi connectivity index (χ1) is 7.38. The van der Waals surface area contributed by atoms with Crippen LogP contribution in [0.2, 0.25) is 0 Å². The highest BCUT2D eigenvalue weighted by Crippen LogP contribution is 2.36. The van der Waals surface area contributed by atoms with Crippen molar-refractivity contribution in [3.8, 4) is 0 Å². The van der Waals surface area contributed by atoms with Crippen LogP contribution >= 0.6 is 0 Å². The summed E-state index contributed by atoms with van der Waals surface area (Å²) in [6, 6.07) is 6.56. The Bertz CT molecular complexity index is 414. The lowest BCUT2D eigenvalue weighted by Gasteiger charge is -2.27. The van der Waals surface area contributed by atoms with Crippen LogP contribution in [-0.2, 0) is 4.79 Å². The zero-order valence-corrected chi connectivity index (χ0v) is 10.4. The van der Waals surface area contributed by atoms with Crippen molar-refractivity contribution in [3.63, 3.8) is 0 Å². The van der Waals surface area contributed by atoms with Gasteiger partial charge in [0, 0.05) is 17.9 Å². The molecule has 1 N–H and O–H groups in total. The zero-order valence-electron chi connectivity index (χ0n) is 10.4. The fraction of sp³-hybridized carbons (Fsp3) is 0.500. The summed E-state index contributed by atoms with van der Waals surface area (Å²) in [5.74, 6) is 0.452. The number of hydrogen-bond acceptors (Lipinski definition) is 1. The molecule has 2 heteroatoms. The summed E-state index contributed by atoms with van der Waals surface area (Å²) in [5.41, 5.74) is 3.69. The van der Waals surface area contributed by atoms with Crippen LogP contribution in [0.3, 0.4) is 0 Å². The number of aryl methyl sites for hydroxylation is 2. The number of carbonyl (C=O) groups is 1. The lowest BCUT2D eigenvalue weighted by molar-refractivity contribution is -0.119. The SMILES string of the molecule is Cc1cc(C)cc(C2CC(=O)NC2(C)C)c1. The fourth-order valence-corrected chi connectivity index (χ4v) is 2.68. The molecule has 1 amide bonds. The molecule has 1 saturated heterocycles. The Balaban J connectivity index is 2.40. The lowest BCUT2D eigenvalue weighted by Crippen LogP contribution is -2.38. The minimum Gasteiger partial charge on any atom is -0.351 e. The van der Waals surface area contributed by atoms with E-state index in [0.717, 1.165) is 0 Å². The molecule has 0 saturated carbocycles. The summed E-state index contributed by atoms with van der Waals surface area (Å²) >= 11 is 0. The summed E-state index contributed by atoms with van der Waals surface area (Å²) in [6.45, 7) is 8.40. The molecule has 1 atom stereocenters. The molecule has 2 rings (SSSR count). The normalized spacial score (nSPS) is 23.2. The third-order valence-electron chi connectivity index (χ3n) is 3.37. The predicted octanol–water partition coefficient (Wildman–Crippen LogP) is 2.69. The van der Waals surface area contributed by atoms with Crippen LogP contribution in [0.4, 0.5) is 0 Å². The van der Waals surface area contributed by atoms with Crippen molar-refractivity contribution in [2.75, 3.05) is 0 Å². The van der Waals surface area contributed by atoms with Crippen LogP contribution in [0, 0.1) is 13.8 Å². The van der Waals surface area contributed by atoms with E-state index in [0.29, 0.717) is 12.3 Å². The Morgan fingerprint density at radius 3 is 2.19 bits per heavy atom. The molecule has 1 aliphatic rings. The highest BCUT2D eigenvalue weighted by atomic mass is 16.2. The van der Waals surface area contributed by atoms with Gasteiger partial charge in [0.05, 0.1) is 0 Å². The van der Waals surface area contributed by atoms with Gasteiger partial charge in [0.15, 0.2) is 0 Å². The van der Waals surface area contributed by atoms with Gasteiger partial charge in [-0.3, -0.25) is 4.79 Å². The number of amides is 1. The van der Waals surface area contributed by atoms with Crippen LogP contribution in [0.15, 0.2) is 18.2 Å². The van der Waals surface area contributed by atoms with Gasteiger partial charge in [-0.05, 0) is 33.3 Å². The molecule has 1 aromatic carbocycles. The van der Waals surface area contributed by atoms with Crippen LogP contribution in [0.5, 0.6) is 0 Å². The van der Waals surface area contributed by atoms with E-state index in [1.165, 1.54) is 16.7 Å². The average Bonchev–Trinajstić information content (AvgIpc) is 2.37. The molecular weight excluding hydrogens is 198 g/mol. The standard InChI is InChI=1S/C14H19NO/c1-9-5-10(2)7-11(6-9)12-8-13(16)15-14(12,3)4/h5-7,12H,8H2,1-4H3,(H,15,16). The van der Waals surface area contributed by atoms with Gasteiger partial charge in [0.1, 0.15) is 0 Å². The van der Waals surface area contributed by atoms with Gasteiger partial charge < -0.3 is 5.32 Å². The van der Waals surface area contributed by atoms with Crippen LogP contribution in [0.1, 0.15) is 42.9 Å². The minimum atomic E-state index is -0.128. The van der Waals surface area contributed by atoms with Gasteiger partial charge in [-0.1, -0.05) is 29.3 Å². The molecule has 1 fully saturated rings. The van der Waals surface area contributed by atoms with Gasteiger partial charge >= 0.3 is 0 Å². The number of carbonyl (C=O) groups excluding carboxylic acids is 1. The largest absolute Gasteiger partial charge is 0.351 e. The molecule has 0 spiro atoms. The van der Waals surface area contributed by atoms with Crippen molar-refractivity contribution in [2.45, 2.75) is 45.6 Å². The first-order valence-electron chi connectivity index (χ1n) is 5.78. The molecule has 0 aromatic heterocycles. The molecule has 1 heterocycles. The van der Waals surface area contributed by atoms with Crippen molar-refractivity contribution in [1.82, 2.24) is 5.32 Å². The van der Waals surface area contributed by atoms with Gasteiger partial charge in [0.2, 0.25) is 5.91 Å². The number of rotatable bonds is 1. The summed E-state index contributed by atoms with van der Waals surface area (Å²) in [4.78, 5) is 11.5. The maximum Gasteiger partial charge on any atom is 0.221 e. The first-order valence-corrected chi connectivity index (χ1v) is 5.78. The number of hydrogen-bond donors (Lipinski definition) is 1. The second-order valence-electron chi connectivity index (χ2n) is 5.45. The van der Waals surface area contributed by atoms with Crippen molar-refractivity contribution in [3.05, 3.63) is 34.9 Å². The molecule has 0 aliphatic carbocycles. The molecule has 1 aromatic rings. The molecule has 0 bridgehead atoms. The Morgan fingerprint density at radius 2 is 1.75 bits per heavy atom. The fourth-order valence-electron chi connectivity index (χ4n) is 2.68. The van der Waals surface area contributed by atoms with E-state index in [-0.39, 0.29) is 11.4 Å². The molecule has 86 valence electrons. The van der Waals surface area contributed by atoms with Gasteiger partial charge in [-0.25, -0.2) is 0 Å². The lowest BCUT2D eigenvalue weighted by atomic mass is 9.82. The molecule has 2 nitrogen and oxygen atoms in total. The monoisotopic (exact) mass is 217 g/mol. The summed E-state index contributed by atoms with van der Waals surface area (Å²) < 4.78 is 0. The number of benzene rings is 1. The maximum atomic E-state index is 11.5. The predicted molar refractivity (Wildman–Crippen MR) is 65.5 cm³/mol. The van der Waals surface area contributed by atoms with Crippen molar-refractivity contribution in [1.29, 1.82) is 0 Å². The summed E-state index contributed by atoms with van der Waals surface area (Å²) in [7, 11) is 0. The average molecular weight is 217 g/mol. The molecule has 1 aliphatic heterocycles. The van der Waals surface area contributed by atoms with Crippen LogP contribution < -0.4 is 5.32 Å². The van der Waals surface area contributed by atoms with Gasteiger partial charge in [-0.2, -0.15) is 0 Å². The van der Waals surface area contributed by atoms with Gasteiger partial charge in [0.25, 0.3) is 0 Å². The Labute approximate surface area is 97.1 Å². The van der Waals surface area contributed by atoms with E-state index < -0.39 is 0 Å². The third-order valence-corrected chi connectivity index (χ3v) is 3.37. The maximum absolute atomic E-state index is 11.5. The third kappa shape index (κ3) is 1.97. The Hall–Kier alpha value is -1.31. The van der Waals surface area contributed by atoms with E-state index in [2.05, 4.69) is 51.2 Å². The van der Waals surface area contributed by atoms with E-state index in [9.17, 15) is 4.79 Å². The van der Waals surface area contributed by atoms with Crippen molar-refractivity contribution >= 4 is 5.91 Å². The smallest absolute Gasteiger partial charge is 0.221 e. The molecule has 16 heavy (non-hydrogen) atoms. The van der Waals surface area contributed by atoms with Crippen molar-refractivity contribution < 1.29 is 4.79 Å². The summed E-state index contributed by atoms with van der Waals surface area (Å²) in [5, 5.41) is 3.04. The topological polar surface area (TPSA) is 29.1 Å². The summed E-state index contributed by atoms with van der Waals surface area (Å²) in [6.07, 6.45) is 0.607. The van der Waals surface area contributed by atoms with E-state index >= 15 is 0 Å². The molecule has 0 radical (unpaired) electrons. The highest BCUT2D eigenvalue weighted by Gasteiger charge is 2.39. The van der Waals surface area contributed by atoms with Crippen LogP contribution in [0.25, 0.3) is 0 Å². The van der Waals surface area contributed by atoms with E-state index in [4.69, 9.17) is 0 Å². The zero-order chi connectivity index (χ0) is 11.9. The molecular formula is C14H19NO. The van der Waals surface area contributed by atoms with Crippen LogP contribution in [-0.4, -0.2) is 11.4 Å². The first kappa shape index (κ1) is 11.2. The molecule has 1 unspecified atom stereocenters. The Morgan fingerprint density at radius 1 is 1.19 bits per heavy atom. The number of nitrogens with one attached hydrogen (secondary N) is 1. The minimum absolute atomic E-state index is 0.128. The van der Waals surface area contributed by atoms with E-state index in [1.807, 2.05) is 0 Å². The van der Waals surface area contributed by atoms with Crippen molar-refractivity contribution in [2.24, 2.45) is 0 Å².